The van der Waals surface area contributed by atoms with E-state index in [1.807, 2.05) is 0 Å². The highest BCUT2D eigenvalue weighted by Crippen LogP contribution is 2.28. The molecule has 0 saturated carbocycles. The third-order valence-corrected chi connectivity index (χ3v) is 2.60. The molecule has 1 rings (SSSR count). The van der Waals surface area contributed by atoms with Gasteiger partial charge in [0.05, 0.1) is 11.5 Å². The van der Waals surface area contributed by atoms with Crippen LogP contribution in [0.5, 0.6) is 5.88 Å². The molecule has 0 saturated heterocycles. The van der Waals surface area contributed by atoms with E-state index < -0.39 is 17.0 Å². The number of hydrogen-bond acceptors (Lipinski definition) is 6. The molecule has 0 aromatic carbocycles. The van der Waals surface area contributed by atoms with Crippen molar-refractivity contribution in [3.63, 3.8) is 0 Å². The molecule has 1 aromatic rings. The number of rotatable bonds is 6. The molecule has 0 amide bonds. The molecular formula is C11H13BrN2O5. The highest BCUT2D eigenvalue weighted by Gasteiger charge is 2.25. The molecule has 1 heterocycles. The molecule has 0 spiro atoms. The first-order valence-corrected chi connectivity index (χ1v) is 6.42. The third kappa shape index (κ3) is 4.16. The van der Waals surface area contributed by atoms with Gasteiger partial charge in [-0.2, -0.15) is 0 Å². The smallest absolute Gasteiger partial charge is 0.347 e. The van der Waals surface area contributed by atoms with Crippen molar-refractivity contribution < 1.29 is 19.2 Å². The monoisotopic (exact) mass is 332 g/mol. The van der Waals surface area contributed by atoms with E-state index in [1.165, 1.54) is 12.3 Å². The van der Waals surface area contributed by atoms with Gasteiger partial charge in [0.1, 0.15) is 0 Å². The zero-order chi connectivity index (χ0) is 14.4. The summed E-state index contributed by atoms with van der Waals surface area (Å²) < 4.78 is 10.6. The van der Waals surface area contributed by atoms with Crippen molar-refractivity contribution in [2.45, 2.75) is 26.4 Å². The molecule has 7 nitrogen and oxygen atoms in total. The summed E-state index contributed by atoms with van der Waals surface area (Å²) in [4.78, 5) is 25.7. The zero-order valence-electron chi connectivity index (χ0n) is 10.5. The van der Waals surface area contributed by atoms with Crippen LogP contribution >= 0.6 is 15.9 Å². The Balaban J connectivity index is 2.97. The fraction of sp³-hybridized carbons (Fsp3) is 0.455. The number of pyridine rings is 1. The van der Waals surface area contributed by atoms with Gasteiger partial charge in [0.25, 0.3) is 5.88 Å². The van der Waals surface area contributed by atoms with Crippen LogP contribution in [-0.2, 0) is 9.53 Å². The van der Waals surface area contributed by atoms with Crippen LogP contribution in [0.25, 0.3) is 0 Å². The van der Waals surface area contributed by atoms with Crippen LogP contribution in [0, 0.1) is 10.1 Å². The molecule has 1 aromatic heterocycles. The summed E-state index contributed by atoms with van der Waals surface area (Å²) >= 11 is 3.09. The number of ether oxygens (including phenoxy) is 2. The molecule has 0 aliphatic rings. The van der Waals surface area contributed by atoms with Gasteiger partial charge in [0.2, 0.25) is 0 Å². The van der Waals surface area contributed by atoms with Gasteiger partial charge in [-0.1, -0.05) is 6.92 Å². The van der Waals surface area contributed by atoms with Crippen LogP contribution in [0.2, 0.25) is 0 Å². The van der Waals surface area contributed by atoms with E-state index in [9.17, 15) is 14.9 Å². The lowest BCUT2D eigenvalue weighted by Crippen LogP contribution is -2.29. The van der Waals surface area contributed by atoms with Crippen molar-refractivity contribution in [1.82, 2.24) is 4.98 Å². The Morgan fingerprint density at radius 2 is 2.26 bits per heavy atom. The fourth-order valence-electron chi connectivity index (χ4n) is 1.31. The SMILES string of the molecule is CCOC(=O)C(CC)Oc1ncc(Br)cc1[N+](=O)[O-]. The standard InChI is InChI=1S/C11H13BrN2O5/c1-3-9(11(15)18-4-2)19-10-8(14(16)17)5-7(12)6-13-10/h5-6,9H,3-4H2,1-2H3. The van der Waals surface area contributed by atoms with Gasteiger partial charge in [0, 0.05) is 16.7 Å². The lowest BCUT2D eigenvalue weighted by atomic mass is 10.3. The van der Waals surface area contributed by atoms with Gasteiger partial charge < -0.3 is 9.47 Å². The van der Waals surface area contributed by atoms with Crippen molar-refractivity contribution in [3.05, 3.63) is 26.9 Å². The number of nitro groups is 1. The Hall–Kier alpha value is -1.70. The average molecular weight is 333 g/mol. The number of carbonyl (C=O) groups is 1. The molecule has 0 radical (unpaired) electrons. The molecular weight excluding hydrogens is 320 g/mol. The Labute approximate surface area is 118 Å². The Morgan fingerprint density at radius 1 is 1.58 bits per heavy atom. The summed E-state index contributed by atoms with van der Waals surface area (Å²) in [5.41, 5.74) is -0.308. The van der Waals surface area contributed by atoms with Crippen molar-refractivity contribution in [2.75, 3.05) is 6.61 Å². The summed E-state index contributed by atoms with van der Waals surface area (Å²) in [7, 11) is 0. The summed E-state index contributed by atoms with van der Waals surface area (Å²) in [6.07, 6.45) is 0.779. The average Bonchev–Trinajstić information content (AvgIpc) is 2.37. The summed E-state index contributed by atoms with van der Waals surface area (Å²) in [6, 6.07) is 1.26. The molecule has 1 unspecified atom stereocenters. The molecule has 0 aliphatic heterocycles. The predicted octanol–water partition coefficient (Wildman–Crippen LogP) is 2.47. The first-order chi connectivity index (χ1) is 8.99. The van der Waals surface area contributed by atoms with Gasteiger partial charge in [-0.25, -0.2) is 9.78 Å². The third-order valence-electron chi connectivity index (χ3n) is 2.17. The zero-order valence-corrected chi connectivity index (χ0v) is 12.0. The van der Waals surface area contributed by atoms with E-state index in [1.54, 1.807) is 13.8 Å². The molecule has 0 bridgehead atoms. The molecule has 19 heavy (non-hydrogen) atoms. The molecule has 1 atom stereocenters. The van der Waals surface area contributed by atoms with Gasteiger partial charge in [-0.05, 0) is 29.3 Å². The number of hydrogen-bond donors (Lipinski definition) is 0. The number of aromatic nitrogens is 1. The fourth-order valence-corrected chi connectivity index (χ4v) is 1.62. The molecule has 104 valence electrons. The maximum atomic E-state index is 11.6. The molecule has 0 fully saturated rings. The number of halogens is 1. The summed E-state index contributed by atoms with van der Waals surface area (Å²) in [5.74, 6) is -0.767. The lowest BCUT2D eigenvalue weighted by molar-refractivity contribution is -0.386. The Bertz CT molecular complexity index is 480. The van der Waals surface area contributed by atoms with Crippen LogP contribution in [0.3, 0.4) is 0 Å². The maximum absolute atomic E-state index is 11.6. The topological polar surface area (TPSA) is 91.6 Å². The second kappa shape index (κ2) is 7.03. The van der Waals surface area contributed by atoms with Gasteiger partial charge >= 0.3 is 11.7 Å². The number of esters is 1. The van der Waals surface area contributed by atoms with Crippen LogP contribution in [-0.4, -0.2) is 28.6 Å². The van der Waals surface area contributed by atoms with E-state index >= 15 is 0 Å². The van der Waals surface area contributed by atoms with Gasteiger partial charge in [-0.3, -0.25) is 10.1 Å². The van der Waals surface area contributed by atoms with E-state index in [-0.39, 0.29) is 18.2 Å². The second-order valence-corrected chi connectivity index (χ2v) is 4.42. The van der Waals surface area contributed by atoms with Crippen molar-refractivity contribution in [1.29, 1.82) is 0 Å². The van der Waals surface area contributed by atoms with Crippen LogP contribution < -0.4 is 4.74 Å². The van der Waals surface area contributed by atoms with Crippen molar-refractivity contribution in [2.24, 2.45) is 0 Å². The van der Waals surface area contributed by atoms with Crippen LogP contribution in [0.15, 0.2) is 16.7 Å². The number of nitrogens with zero attached hydrogens (tertiary/aromatic N) is 2. The van der Waals surface area contributed by atoms with E-state index in [2.05, 4.69) is 20.9 Å². The number of carbonyl (C=O) groups excluding carboxylic acids is 1. The maximum Gasteiger partial charge on any atom is 0.347 e. The normalized spacial score (nSPS) is 11.7. The van der Waals surface area contributed by atoms with E-state index in [4.69, 9.17) is 9.47 Å². The predicted molar refractivity (Wildman–Crippen MR) is 69.9 cm³/mol. The van der Waals surface area contributed by atoms with Crippen LogP contribution in [0.1, 0.15) is 20.3 Å². The quantitative estimate of drug-likeness (QED) is 0.451. The lowest BCUT2D eigenvalue weighted by Gasteiger charge is -2.15. The molecule has 8 heteroatoms. The van der Waals surface area contributed by atoms with E-state index in [0.29, 0.717) is 10.9 Å². The largest absolute Gasteiger partial charge is 0.463 e. The summed E-state index contributed by atoms with van der Waals surface area (Å²) in [5, 5.41) is 10.9. The van der Waals surface area contributed by atoms with Gasteiger partial charge in [-0.15, -0.1) is 0 Å². The first-order valence-electron chi connectivity index (χ1n) is 5.62. The van der Waals surface area contributed by atoms with E-state index in [0.717, 1.165) is 0 Å². The Kier molecular flexibility index (Phi) is 5.68. The second-order valence-electron chi connectivity index (χ2n) is 3.50. The minimum atomic E-state index is -0.910. The molecule has 0 N–H and O–H groups in total. The molecule has 0 aliphatic carbocycles. The highest BCUT2D eigenvalue weighted by atomic mass is 79.9. The Morgan fingerprint density at radius 3 is 2.79 bits per heavy atom. The van der Waals surface area contributed by atoms with Crippen molar-refractivity contribution in [3.8, 4) is 5.88 Å². The van der Waals surface area contributed by atoms with Gasteiger partial charge in [0.15, 0.2) is 6.10 Å². The minimum Gasteiger partial charge on any atom is -0.463 e. The highest BCUT2D eigenvalue weighted by molar-refractivity contribution is 9.10. The summed E-state index contributed by atoms with van der Waals surface area (Å²) in [6.45, 7) is 3.60. The van der Waals surface area contributed by atoms with Crippen LogP contribution in [0.4, 0.5) is 5.69 Å². The first kappa shape index (κ1) is 15.4. The minimum absolute atomic E-state index is 0.201. The van der Waals surface area contributed by atoms with Crippen molar-refractivity contribution >= 4 is 27.6 Å².